The van der Waals surface area contributed by atoms with Crippen LogP contribution in [0.2, 0.25) is 0 Å². The second-order valence-electron chi connectivity index (χ2n) is 7.12. The van der Waals surface area contributed by atoms with Gasteiger partial charge < -0.3 is 25.0 Å². The van der Waals surface area contributed by atoms with Gasteiger partial charge in [-0.25, -0.2) is 0 Å². The monoisotopic (exact) mass is 378 g/mol. The van der Waals surface area contributed by atoms with Gasteiger partial charge in [-0.2, -0.15) is 0 Å². The number of rotatable bonds is 6. The zero-order valence-electron chi connectivity index (χ0n) is 16.6. The number of pyridine rings is 1. The van der Waals surface area contributed by atoms with E-state index >= 15 is 0 Å². The molecule has 2 aromatic rings. The maximum Gasteiger partial charge on any atom is 0.127 e. The zero-order valence-corrected chi connectivity index (χ0v) is 16.6. The molecule has 0 atom stereocenters. The fraction of sp³-hybridized carbons (Fsp3) is 0.318. The maximum atomic E-state index is 5.73. The number of hydrogen-bond acceptors (Lipinski definition) is 6. The minimum Gasteiger partial charge on any atom is -0.496 e. The van der Waals surface area contributed by atoms with Crippen LogP contribution in [-0.4, -0.2) is 50.3 Å². The Labute approximate surface area is 165 Å². The Morgan fingerprint density at radius 2 is 1.93 bits per heavy atom. The summed E-state index contributed by atoms with van der Waals surface area (Å²) in [5, 5.41) is 6.82. The first-order valence-electron chi connectivity index (χ1n) is 9.40. The van der Waals surface area contributed by atoms with Crippen LogP contribution < -0.4 is 20.1 Å². The zero-order chi connectivity index (χ0) is 19.7. The summed E-state index contributed by atoms with van der Waals surface area (Å²) in [4.78, 5) is 6.29. The van der Waals surface area contributed by atoms with Gasteiger partial charge in [0.25, 0.3) is 0 Å². The molecule has 0 aliphatic carbocycles. The molecule has 1 aromatic carbocycles. The lowest BCUT2D eigenvalue weighted by Gasteiger charge is -2.29. The smallest absolute Gasteiger partial charge is 0.127 e. The van der Waals surface area contributed by atoms with Gasteiger partial charge in [-0.3, -0.25) is 4.98 Å². The predicted molar refractivity (Wildman–Crippen MR) is 111 cm³/mol. The highest BCUT2D eigenvalue weighted by atomic mass is 16.5. The third-order valence-corrected chi connectivity index (χ3v) is 5.44. The SMILES string of the molecule is C=C1c2cnccc2C(c2cc(OC)c(CNC3CNC3)c(OC)c2)=CN1C. The number of ether oxygens (including phenoxy) is 2. The summed E-state index contributed by atoms with van der Waals surface area (Å²) < 4.78 is 11.5. The third-order valence-electron chi connectivity index (χ3n) is 5.44. The van der Waals surface area contributed by atoms with Crippen molar-refractivity contribution in [2.24, 2.45) is 0 Å². The molecule has 0 saturated carbocycles. The molecule has 0 bridgehead atoms. The molecule has 2 N–H and O–H groups in total. The van der Waals surface area contributed by atoms with E-state index in [1.165, 1.54) is 0 Å². The Bertz CT molecular complexity index is 909. The molecule has 4 rings (SSSR count). The van der Waals surface area contributed by atoms with E-state index in [0.29, 0.717) is 12.6 Å². The summed E-state index contributed by atoms with van der Waals surface area (Å²) in [6.45, 7) is 6.88. The Morgan fingerprint density at radius 3 is 2.54 bits per heavy atom. The van der Waals surface area contributed by atoms with Crippen LogP contribution >= 0.6 is 0 Å². The molecule has 3 heterocycles. The normalized spacial score (nSPS) is 16.3. The van der Waals surface area contributed by atoms with Gasteiger partial charge in [-0.1, -0.05) is 6.58 Å². The third kappa shape index (κ3) is 3.25. The molecule has 146 valence electrons. The number of hydrogen-bond donors (Lipinski definition) is 2. The Balaban J connectivity index is 1.75. The Hall–Kier alpha value is -2.83. The molecule has 6 heteroatoms. The molecule has 1 aromatic heterocycles. The van der Waals surface area contributed by atoms with Crippen LogP contribution in [0.1, 0.15) is 22.3 Å². The quantitative estimate of drug-likeness (QED) is 0.805. The largest absolute Gasteiger partial charge is 0.496 e. The van der Waals surface area contributed by atoms with Crippen molar-refractivity contribution in [1.82, 2.24) is 20.5 Å². The minimum absolute atomic E-state index is 0.495. The highest BCUT2D eigenvalue weighted by molar-refractivity contribution is 5.90. The lowest BCUT2D eigenvalue weighted by molar-refractivity contribution is 0.348. The number of nitrogens with zero attached hydrogens (tertiary/aromatic N) is 2. The van der Waals surface area contributed by atoms with Crippen LogP contribution in [0.5, 0.6) is 11.5 Å². The van der Waals surface area contributed by atoms with Crippen molar-refractivity contribution in [1.29, 1.82) is 0 Å². The maximum absolute atomic E-state index is 5.73. The Kier molecular flexibility index (Phi) is 5.07. The molecule has 0 spiro atoms. The minimum atomic E-state index is 0.495. The van der Waals surface area contributed by atoms with Gasteiger partial charge in [-0.05, 0) is 29.3 Å². The van der Waals surface area contributed by atoms with E-state index in [2.05, 4.69) is 40.5 Å². The van der Waals surface area contributed by atoms with Crippen LogP contribution in [0.3, 0.4) is 0 Å². The van der Waals surface area contributed by atoms with E-state index in [-0.39, 0.29) is 0 Å². The van der Waals surface area contributed by atoms with Gasteiger partial charge >= 0.3 is 0 Å². The Morgan fingerprint density at radius 1 is 1.21 bits per heavy atom. The standard InChI is InChI=1S/C22H26N4O2/c1-14-18-11-23-6-5-17(18)20(13-26(14)2)15-7-21(27-3)19(22(8-15)28-4)12-25-16-9-24-10-16/h5-8,11,13,16,24-25H,1,9-10,12H2,2-4H3. The lowest BCUT2D eigenvalue weighted by atomic mass is 9.91. The molecule has 1 saturated heterocycles. The van der Waals surface area contributed by atoms with Crippen LogP contribution in [0.25, 0.3) is 11.3 Å². The van der Waals surface area contributed by atoms with Gasteiger partial charge in [-0.15, -0.1) is 0 Å². The van der Waals surface area contributed by atoms with Crippen molar-refractivity contribution in [2.45, 2.75) is 12.6 Å². The summed E-state index contributed by atoms with van der Waals surface area (Å²) in [5.74, 6) is 1.63. The number of benzene rings is 1. The van der Waals surface area contributed by atoms with E-state index < -0.39 is 0 Å². The average Bonchev–Trinajstić information content (AvgIpc) is 2.69. The van der Waals surface area contributed by atoms with E-state index in [9.17, 15) is 0 Å². The van der Waals surface area contributed by atoms with Crippen molar-refractivity contribution < 1.29 is 9.47 Å². The molecule has 1 fully saturated rings. The van der Waals surface area contributed by atoms with E-state index in [4.69, 9.17) is 9.47 Å². The average molecular weight is 378 g/mol. The van der Waals surface area contributed by atoms with Crippen LogP contribution in [0, 0.1) is 0 Å². The van der Waals surface area contributed by atoms with Gasteiger partial charge in [0.1, 0.15) is 11.5 Å². The van der Waals surface area contributed by atoms with Gasteiger partial charge in [0.05, 0.1) is 14.2 Å². The summed E-state index contributed by atoms with van der Waals surface area (Å²) in [7, 11) is 5.40. The second kappa shape index (κ2) is 7.66. The number of nitrogens with one attached hydrogen (secondary N) is 2. The van der Waals surface area contributed by atoms with Crippen molar-refractivity contribution >= 4 is 11.3 Å². The number of methoxy groups -OCH3 is 2. The van der Waals surface area contributed by atoms with Crippen molar-refractivity contribution in [3.8, 4) is 11.5 Å². The van der Waals surface area contributed by atoms with Crippen molar-refractivity contribution in [2.75, 3.05) is 34.4 Å². The first-order valence-corrected chi connectivity index (χ1v) is 9.40. The first-order chi connectivity index (χ1) is 13.6. The van der Waals surface area contributed by atoms with Crippen molar-refractivity contribution in [3.05, 3.63) is 65.6 Å². The summed E-state index contributed by atoms with van der Waals surface area (Å²) in [5.41, 5.74) is 6.23. The molecular weight excluding hydrogens is 352 g/mol. The molecule has 6 nitrogen and oxygen atoms in total. The highest BCUT2D eigenvalue weighted by Crippen LogP contribution is 2.40. The van der Waals surface area contributed by atoms with E-state index in [0.717, 1.165) is 58.1 Å². The van der Waals surface area contributed by atoms with Crippen LogP contribution in [0.4, 0.5) is 0 Å². The highest BCUT2D eigenvalue weighted by Gasteiger charge is 2.23. The number of aromatic nitrogens is 1. The molecule has 2 aliphatic rings. The summed E-state index contributed by atoms with van der Waals surface area (Å²) in [6.07, 6.45) is 5.77. The van der Waals surface area contributed by atoms with Crippen molar-refractivity contribution in [3.63, 3.8) is 0 Å². The molecule has 0 unspecified atom stereocenters. The summed E-state index contributed by atoms with van der Waals surface area (Å²) >= 11 is 0. The molecule has 28 heavy (non-hydrogen) atoms. The second-order valence-corrected chi connectivity index (χ2v) is 7.12. The number of fused-ring (bicyclic) bond motifs is 1. The molecule has 0 radical (unpaired) electrons. The fourth-order valence-electron chi connectivity index (χ4n) is 3.61. The van der Waals surface area contributed by atoms with E-state index in [1.807, 2.05) is 30.4 Å². The lowest BCUT2D eigenvalue weighted by Crippen LogP contribution is -2.55. The first kappa shape index (κ1) is 18.5. The van der Waals surface area contributed by atoms with Gasteiger partial charge in [0, 0.05) is 73.7 Å². The van der Waals surface area contributed by atoms with E-state index in [1.54, 1.807) is 14.2 Å². The molecular formula is C22H26N4O2. The fourth-order valence-corrected chi connectivity index (χ4v) is 3.61. The van der Waals surface area contributed by atoms with Crippen LogP contribution in [0.15, 0.2) is 43.4 Å². The van der Waals surface area contributed by atoms with Crippen LogP contribution in [-0.2, 0) is 6.54 Å². The molecule has 0 amide bonds. The van der Waals surface area contributed by atoms with Gasteiger partial charge in [0.2, 0.25) is 0 Å². The topological polar surface area (TPSA) is 58.6 Å². The summed E-state index contributed by atoms with van der Waals surface area (Å²) in [6, 6.07) is 6.68. The predicted octanol–water partition coefficient (Wildman–Crippen LogP) is 2.47. The molecule has 2 aliphatic heterocycles. The van der Waals surface area contributed by atoms with Gasteiger partial charge in [0.15, 0.2) is 0 Å².